The summed E-state index contributed by atoms with van der Waals surface area (Å²) in [6.45, 7) is 0. The summed E-state index contributed by atoms with van der Waals surface area (Å²) < 4.78 is 0. The van der Waals surface area contributed by atoms with Gasteiger partial charge in [0.15, 0.2) is 0 Å². The summed E-state index contributed by atoms with van der Waals surface area (Å²) >= 11 is 0. The Labute approximate surface area is 224 Å². The quantitative estimate of drug-likeness (QED) is 0.245. The fourth-order valence-electron chi connectivity index (χ4n) is 5.96. The summed E-state index contributed by atoms with van der Waals surface area (Å²) in [4.78, 5) is 0. The third kappa shape index (κ3) is 4.01. The van der Waals surface area contributed by atoms with Crippen LogP contribution in [0.2, 0.25) is 0 Å². The van der Waals surface area contributed by atoms with Crippen LogP contribution in [0, 0.1) is 0 Å². The number of benzene rings is 5. The smallest absolute Gasteiger partial charge is 0.0566 e. The Morgan fingerprint density at radius 1 is 0.474 bits per heavy atom. The molecular formula is C36H30N2. The molecule has 0 heterocycles. The lowest BCUT2D eigenvalue weighted by Crippen LogP contribution is -2.38. The first-order valence-corrected chi connectivity index (χ1v) is 13.0. The van der Waals surface area contributed by atoms with Gasteiger partial charge in [-0.05, 0) is 63.2 Å². The van der Waals surface area contributed by atoms with E-state index in [9.17, 15) is 0 Å². The van der Waals surface area contributed by atoms with Crippen LogP contribution in [0.4, 0.5) is 11.4 Å². The van der Waals surface area contributed by atoms with E-state index in [2.05, 4.69) is 127 Å². The van der Waals surface area contributed by atoms with Gasteiger partial charge in [-0.3, -0.25) is 0 Å². The molecule has 184 valence electrons. The van der Waals surface area contributed by atoms with Crippen molar-refractivity contribution in [3.8, 4) is 0 Å². The zero-order valence-corrected chi connectivity index (χ0v) is 21.2. The van der Waals surface area contributed by atoms with Crippen LogP contribution in [0.3, 0.4) is 0 Å². The Balaban J connectivity index is 1.80. The highest BCUT2D eigenvalue weighted by molar-refractivity contribution is 6.03. The molecule has 0 amide bonds. The van der Waals surface area contributed by atoms with Crippen molar-refractivity contribution in [2.45, 2.75) is 11.3 Å². The van der Waals surface area contributed by atoms with Crippen LogP contribution >= 0.6 is 0 Å². The fraction of sp³-hybridized carbons (Fsp3) is 0.0556. The lowest BCUT2D eigenvalue weighted by atomic mass is 9.55. The average Bonchev–Trinajstić information content (AvgIpc) is 2.98. The zero-order valence-electron chi connectivity index (χ0n) is 21.2. The largest absolute Gasteiger partial charge is 0.399 e. The SMILES string of the molecule is Nc1ccc(C2=C(c3ccccc3)C=CC(c3ccccc3)C2(c2ccccc2)c2ccc(N)cc2)cc1. The molecule has 1 aliphatic carbocycles. The van der Waals surface area contributed by atoms with Crippen molar-refractivity contribution in [3.63, 3.8) is 0 Å². The second kappa shape index (κ2) is 9.91. The molecule has 6 rings (SSSR count). The number of rotatable bonds is 5. The van der Waals surface area contributed by atoms with E-state index in [0.717, 1.165) is 16.9 Å². The van der Waals surface area contributed by atoms with E-state index in [0.29, 0.717) is 0 Å². The van der Waals surface area contributed by atoms with Gasteiger partial charge in [0.1, 0.15) is 0 Å². The van der Waals surface area contributed by atoms with Gasteiger partial charge in [-0.15, -0.1) is 0 Å². The summed E-state index contributed by atoms with van der Waals surface area (Å²) in [5.74, 6) is 0.0368. The third-order valence-corrected chi connectivity index (χ3v) is 7.62. The molecule has 0 spiro atoms. The summed E-state index contributed by atoms with van der Waals surface area (Å²) in [7, 11) is 0. The fourth-order valence-corrected chi connectivity index (χ4v) is 5.96. The standard InChI is InChI=1S/C36H30N2/c37-31-20-16-28(17-21-31)35-33(26-10-4-1-5-11-26)24-25-34(27-12-6-2-7-13-27)36(35,29-14-8-3-9-15-29)30-18-22-32(38)23-19-30/h1-25,34H,37-38H2. The second-order valence-electron chi connectivity index (χ2n) is 9.82. The molecule has 0 bridgehead atoms. The van der Waals surface area contributed by atoms with E-state index >= 15 is 0 Å². The first-order valence-electron chi connectivity index (χ1n) is 13.0. The number of hydrogen-bond donors (Lipinski definition) is 2. The van der Waals surface area contributed by atoms with E-state index < -0.39 is 5.41 Å². The van der Waals surface area contributed by atoms with Gasteiger partial charge in [0, 0.05) is 17.3 Å². The maximum absolute atomic E-state index is 6.22. The van der Waals surface area contributed by atoms with Crippen LogP contribution < -0.4 is 11.5 Å². The first kappa shape index (κ1) is 23.6. The highest BCUT2D eigenvalue weighted by Gasteiger charge is 2.48. The molecule has 0 saturated heterocycles. The Hall–Kier alpha value is -4.82. The van der Waals surface area contributed by atoms with Crippen molar-refractivity contribution in [3.05, 3.63) is 179 Å². The van der Waals surface area contributed by atoms with Crippen LogP contribution in [0.1, 0.15) is 33.7 Å². The molecule has 0 radical (unpaired) electrons. The number of anilines is 2. The maximum Gasteiger partial charge on any atom is 0.0566 e. The van der Waals surface area contributed by atoms with Gasteiger partial charge in [-0.1, -0.05) is 127 Å². The molecular weight excluding hydrogens is 460 g/mol. The Bertz CT molecular complexity index is 1580. The van der Waals surface area contributed by atoms with E-state index in [1.54, 1.807) is 0 Å². The molecule has 0 aliphatic heterocycles. The molecule has 1 aliphatic rings. The van der Waals surface area contributed by atoms with Gasteiger partial charge < -0.3 is 11.5 Å². The van der Waals surface area contributed by atoms with Crippen LogP contribution in [-0.2, 0) is 5.41 Å². The predicted molar refractivity (Wildman–Crippen MR) is 161 cm³/mol. The molecule has 2 atom stereocenters. The first-order chi connectivity index (χ1) is 18.7. The molecule has 5 aromatic rings. The van der Waals surface area contributed by atoms with Crippen molar-refractivity contribution in [1.29, 1.82) is 0 Å². The van der Waals surface area contributed by atoms with Crippen molar-refractivity contribution in [1.82, 2.24) is 0 Å². The monoisotopic (exact) mass is 490 g/mol. The summed E-state index contributed by atoms with van der Waals surface area (Å²) in [5.41, 5.74) is 21.8. The summed E-state index contributed by atoms with van der Waals surface area (Å²) in [6.07, 6.45) is 4.68. The second-order valence-corrected chi connectivity index (χ2v) is 9.82. The molecule has 2 nitrogen and oxygen atoms in total. The number of allylic oxidation sites excluding steroid dienone is 4. The maximum atomic E-state index is 6.22. The number of hydrogen-bond acceptors (Lipinski definition) is 2. The molecule has 5 aromatic carbocycles. The van der Waals surface area contributed by atoms with Crippen LogP contribution in [0.25, 0.3) is 11.1 Å². The van der Waals surface area contributed by atoms with Gasteiger partial charge in [0.25, 0.3) is 0 Å². The molecule has 0 aromatic heterocycles. The van der Waals surface area contributed by atoms with Gasteiger partial charge in [-0.25, -0.2) is 0 Å². The zero-order chi connectivity index (χ0) is 26.0. The topological polar surface area (TPSA) is 52.0 Å². The summed E-state index contributed by atoms with van der Waals surface area (Å²) in [6, 6.07) is 49.1. The Kier molecular flexibility index (Phi) is 6.15. The van der Waals surface area contributed by atoms with Gasteiger partial charge >= 0.3 is 0 Å². The molecule has 2 unspecified atom stereocenters. The van der Waals surface area contributed by atoms with Gasteiger partial charge in [-0.2, -0.15) is 0 Å². The van der Waals surface area contributed by atoms with E-state index in [1.165, 1.54) is 33.4 Å². The van der Waals surface area contributed by atoms with Crippen molar-refractivity contribution in [2.75, 3.05) is 11.5 Å². The van der Waals surface area contributed by atoms with Crippen LogP contribution in [-0.4, -0.2) is 0 Å². The molecule has 2 heteroatoms. The van der Waals surface area contributed by atoms with Crippen molar-refractivity contribution >= 4 is 22.5 Å². The highest BCUT2D eigenvalue weighted by Crippen LogP contribution is 2.58. The Morgan fingerprint density at radius 3 is 1.58 bits per heavy atom. The lowest BCUT2D eigenvalue weighted by Gasteiger charge is -2.46. The van der Waals surface area contributed by atoms with E-state index in [4.69, 9.17) is 11.5 Å². The van der Waals surface area contributed by atoms with Gasteiger partial charge in [0.2, 0.25) is 0 Å². The minimum Gasteiger partial charge on any atom is -0.399 e. The minimum absolute atomic E-state index is 0.0368. The minimum atomic E-state index is -0.535. The summed E-state index contributed by atoms with van der Waals surface area (Å²) in [5, 5.41) is 0. The van der Waals surface area contributed by atoms with Crippen molar-refractivity contribution in [2.24, 2.45) is 0 Å². The number of nitrogens with two attached hydrogens (primary N) is 2. The molecule has 38 heavy (non-hydrogen) atoms. The Morgan fingerprint density at radius 2 is 0.974 bits per heavy atom. The average molecular weight is 491 g/mol. The number of nitrogen functional groups attached to an aromatic ring is 2. The highest BCUT2D eigenvalue weighted by atomic mass is 14.6. The molecule has 4 N–H and O–H groups in total. The predicted octanol–water partition coefficient (Wildman–Crippen LogP) is 8.10. The lowest BCUT2D eigenvalue weighted by molar-refractivity contribution is 0.585. The molecule has 0 saturated carbocycles. The van der Waals surface area contributed by atoms with Crippen LogP contribution in [0.15, 0.2) is 152 Å². The normalized spacial score (nSPS) is 18.9. The third-order valence-electron chi connectivity index (χ3n) is 7.62. The van der Waals surface area contributed by atoms with E-state index in [1.807, 2.05) is 24.3 Å². The van der Waals surface area contributed by atoms with E-state index in [-0.39, 0.29) is 5.92 Å². The van der Waals surface area contributed by atoms with Crippen molar-refractivity contribution < 1.29 is 0 Å². The molecule has 0 fully saturated rings. The van der Waals surface area contributed by atoms with Crippen LogP contribution in [0.5, 0.6) is 0 Å². The van der Waals surface area contributed by atoms with Gasteiger partial charge in [0.05, 0.1) is 5.41 Å².